The summed E-state index contributed by atoms with van der Waals surface area (Å²) in [6, 6.07) is 7.02. The summed E-state index contributed by atoms with van der Waals surface area (Å²) < 4.78 is 10.3. The van der Waals surface area contributed by atoms with Crippen LogP contribution in [-0.2, 0) is 24.9 Å². The molecule has 154 valence electrons. The molecule has 8 nitrogen and oxygen atoms in total. The zero-order valence-electron chi connectivity index (χ0n) is 16.8. The Morgan fingerprint density at radius 1 is 1.28 bits per heavy atom. The van der Waals surface area contributed by atoms with Gasteiger partial charge in [-0.05, 0) is 39.8 Å². The molecule has 1 N–H and O–H groups in total. The van der Waals surface area contributed by atoms with Crippen molar-refractivity contribution in [3.05, 3.63) is 41.3 Å². The number of anilines is 2. The minimum atomic E-state index is -1.10. The van der Waals surface area contributed by atoms with E-state index in [4.69, 9.17) is 9.26 Å². The molecule has 2 amide bonds. The third-order valence-electron chi connectivity index (χ3n) is 4.76. The first-order valence-corrected chi connectivity index (χ1v) is 10.3. The monoisotopic (exact) mass is 417 g/mol. The fourth-order valence-corrected chi connectivity index (χ4v) is 4.06. The molecule has 0 bridgehead atoms. The number of nitrogens with zero attached hydrogens (tertiary/aromatic N) is 2. The Morgan fingerprint density at radius 3 is 2.69 bits per heavy atom. The van der Waals surface area contributed by atoms with Crippen LogP contribution in [0.4, 0.5) is 11.4 Å². The zero-order valence-corrected chi connectivity index (χ0v) is 17.6. The van der Waals surface area contributed by atoms with E-state index < -0.39 is 24.0 Å². The van der Waals surface area contributed by atoms with Crippen LogP contribution in [0.2, 0.25) is 0 Å². The van der Waals surface area contributed by atoms with Crippen molar-refractivity contribution in [2.24, 2.45) is 0 Å². The number of aromatic nitrogens is 1. The molecule has 2 heterocycles. The minimum absolute atomic E-state index is 0.0950. The maximum atomic E-state index is 12.8. The maximum Gasteiger partial charge on any atom is 0.316 e. The lowest BCUT2D eigenvalue weighted by Gasteiger charge is -2.41. The van der Waals surface area contributed by atoms with Gasteiger partial charge in [-0.25, -0.2) is 0 Å². The summed E-state index contributed by atoms with van der Waals surface area (Å²) in [4.78, 5) is 38.7. The fourth-order valence-electron chi connectivity index (χ4n) is 3.09. The molecule has 0 unspecified atom stereocenters. The normalized spacial score (nSPS) is 14.9. The molecule has 1 aromatic heterocycles. The van der Waals surface area contributed by atoms with Crippen LogP contribution in [0, 0.1) is 13.8 Å². The molecule has 1 aliphatic rings. The van der Waals surface area contributed by atoms with Gasteiger partial charge in [-0.2, -0.15) is 0 Å². The van der Waals surface area contributed by atoms with Crippen LogP contribution < -0.4 is 10.2 Å². The lowest BCUT2D eigenvalue weighted by Crippen LogP contribution is -2.59. The summed E-state index contributed by atoms with van der Waals surface area (Å²) in [6.45, 7) is 6.53. The van der Waals surface area contributed by atoms with Crippen LogP contribution >= 0.6 is 11.8 Å². The van der Waals surface area contributed by atoms with E-state index in [0.717, 1.165) is 17.0 Å². The topological polar surface area (TPSA) is 102 Å². The number of ether oxygens (including phenoxy) is 1. The Labute approximate surface area is 172 Å². The highest BCUT2D eigenvalue weighted by Crippen LogP contribution is 2.36. The second-order valence-corrected chi connectivity index (χ2v) is 8.20. The van der Waals surface area contributed by atoms with Crippen LogP contribution in [0.15, 0.2) is 28.8 Å². The number of thioether (sulfide) groups is 1. The van der Waals surface area contributed by atoms with Crippen LogP contribution in [0.25, 0.3) is 0 Å². The van der Waals surface area contributed by atoms with Crippen molar-refractivity contribution >= 4 is 40.9 Å². The summed E-state index contributed by atoms with van der Waals surface area (Å²) in [6.07, 6.45) is 0. The Kier molecular flexibility index (Phi) is 5.97. The van der Waals surface area contributed by atoms with E-state index in [2.05, 4.69) is 10.5 Å². The van der Waals surface area contributed by atoms with Gasteiger partial charge >= 0.3 is 5.97 Å². The summed E-state index contributed by atoms with van der Waals surface area (Å²) >= 11 is 1.36. The van der Waals surface area contributed by atoms with Gasteiger partial charge < -0.3 is 14.6 Å². The average molecular weight is 417 g/mol. The predicted octanol–water partition coefficient (Wildman–Crippen LogP) is 2.83. The van der Waals surface area contributed by atoms with Crippen molar-refractivity contribution in [2.75, 3.05) is 22.6 Å². The zero-order chi connectivity index (χ0) is 21.2. The van der Waals surface area contributed by atoms with Gasteiger partial charge in [0.25, 0.3) is 5.91 Å². The quantitative estimate of drug-likeness (QED) is 0.721. The van der Waals surface area contributed by atoms with Gasteiger partial charge in [0.2, 0.25) is 5.91 Å². The number of amides is 2. The number of nitrogens with one attached hydrogen (secondary N) is 1. The largest absolute Gasteiger partial charge is 0.455 e. The van der Waals surface area contributed by atoms with Gasteiger partial charge in [0, 0.05) is 11.3 Å². The first-order valence-electron chi connectivity index (χ1n) is 9.10. The molecular formula is C20H23N3O5S. The number of aryl methyl sites for hydroxylation is 2. The van der Waals surface area contributed by atoms with Crippen LogP contribution in [0.3, 0.4) is 0 Å². The molecule has 0 saturated heterocycles. The molecule has 0 atom stereocenters. The number of para-hydroxylation sites is 2. The first-order chi connectivity index (χ1) is 13.7. The lowest BCUT2D eigenvalue weighted by molar-refractivity contribution is -0.145. The fraction of sp³-hybridized carbons (Fsp3) is 0.400. The summed E-state index contributed by atoms with van der Waals surface area (Å²) in [7, 11) is 0. The van der Waals surface area contributed by atoms with E-state index in [9.17, 15) is 14.4 Å². The Morgan fingerprint density at radius 2 is 2.00 bits per heavy atom. The van der Waals surface area contributed by atoms with Crippen molar-refractivity contribution in [1.82, 2.24) is 5.16 Å². The standard InChI is InChI=1S/C20H23N3O5S/c1-12-14(13(2)28-22-12)10-29-11-18(25)27-9-17(24)23-16-8-6-5-7-15(16)21-19(26)20(23,3)4/h5-8H,9-11H2,1-4H3,(H,21,26). The van der Waals surface area contributed by atoms with Crippen LogP contribution in [0.5, 0.6) is 0 Å². The second kappa shape index (κ2) is 8.28. The van der Waals surface area contributed by atoms with Gasteiger partial charge in [0.1, 0.15) is 11.3 Å². The number of carbonyl (C=O) groups is 3. The van der Waals surface area contributed by atoms with Gasteiger partial charge in [-0.3, -0.25) is 19.3 Å². The minimum Gasteiger partial charge on any atom is -0.455 e. The molecule has 1 aliphatic heterocycles. The maximum absolute atomic E-state index is 12.8. The molecule has 3 rings (SSSR count). The number of benzene rings is 1. The summed E-state index contributed by atoms with van der Waals surface area (Å²) in [5, 5.41) is 6.67. The van der Waals surface area contributed by atoms with Crippen molar-refractivity contribution in [3.63, 3.8) is 0 Å². The molecule has 0 fully saturated rings. The summed E-state index contributed by atoms with van der Waals surface area (Å²) in [5.41, 5.74) is 1.77. The Hall–Kier alpha value is -2.81. The molecule has 29 heavy (non-hydrogen) atoms. The molecule has 0 radical (unpaired) electrons. The molecule has 0 aliphatic carbocycles. The Balaban J connectivity index is 1.58. The number of hydrogen-bond donors (Lipinski definition) is 1. The molecular weight excluding hydrogens is 394 g/mol. The number of fused-ring (bicyclic) bond motifs is 1. The van der Waals surface area contributed by atoms with E-state index >= 15 is 0 Å². The first kappa shape index (κ1) is 20.9. The average Bonchev–Trinajstić information content (AvgIpc) is 2.99. The summed E-state index contributed by atoms with van der Waals surface area (Å²) in [5.74, 6) is 0.132. The molecule has 9 heteroatoms. The SMILES string of the molecule is Cc1noc(C)c1CSCC(=O)OCC(=O)N1c2ccccc2NC(=O)C1(C)C. The van der Waals surface area contributed by atoms with E-state index in [1.165, 1.54) is 16.7 Å². The van der Waals surface area contributed by atoms with Crippen molar-refractivity contribution < 1.29 is 23.6 Å². The highest BCUT2D eigenvalue weighted by atomic mass is 32.2. The Bertz CT molecular complexity index is 934. The van der Waals surface area contributed by atoms with Gasteiger partial charge in [-0.1, -0.05) is 17.3 Å². The number of hydrogen-bond acceptors (Lipinski definition) is 7. The highest BCUT2D eigenvalue weighted by Gasteiger charge is 2.43. The van der Waals surface area contributed by atoms with Crippen LogP contribution in [-0.4, -0.2) is 40.8 Å². The molecule has 2 aromatic rings. The second-order valence-electron chi connectivity index (χ2n) is 7.22. The van der Waals surface area contributed by atoms with Gasteiger partial charge in [-0.15, -0.1) is 11.8 Å². The lowest BCUT2D eigenvalue weighted by atomic mass is 9.96. The van der Waals surface area contributed by atoms with E-state index in [-0.39, 0.29) is 11.7 Å². The van der Waals surface area contributed by atoms with E-state index in [1.54, 1.807) is 38.1 Å². The molecule has 1 aromatic carbocycles. The van der Waals surface area contributed by atoms with Crippen molar-refractivity contribution in [1.29, 1.82) is 0 Å². The third kappa shape index (κ3) is 4.29. The molecule has 0 saturated carbocycles. The number of carbonyl (C=O) groups excluding carboxylic acids is 3. The smallest absolute Gasteiger partial charge is 0.316 e. The van der Waals surface area contributed by atoms with Crippen molar-refractivity contribution in [2.45, 2.75) is 39.0 Å². The van der Waals surface area contributed by atoms with E-state index in [0.29, 0.717) is 17.1 Å². The highest BCUT2D eigenvalue weighted by molar-refractivity contribution is 7.99. The van der Waals surface area contributed by atoms with Gasteiger partial charge in [0.05, 0.1) is 22.8 Å². The van der Waals surface area contributed by atoms with Crippen LogP contribution in [0.1, 0.15) is 30.9 Å². The third-order valence-corrected chi connectivity index (χ3v) is 5.69. The van der Waals surface area contributed by atoms with Crippen molar-refractivity contribution in [3.8, 4) is 0 Å². The number of rotatable bonds is 6. The van der Waals surface area contributed by atoms with Gasteiger partial charge in [0.15, 0.2) is 6.61 Å². The predicted molar refractivity (Wildman–Crippen MR) is 110 cm³/mol. The number of esters is 1. The van der Waals surface area contributed by atoms with E-state index in [1.807, 2.05) is 13.8 Å². The molecule has 0 spiro atoms.